The number of nitrogens with zero attached hydrogens (tertiary/aromatic N) is 3. The molecule has 0 aromatic carbocycles. The van der Waals surface area contributed by atoms with Crippen molar-refractivity contribution in [1.82, 2.24) is 13.6 Å². The summed E-state index contributed by atoms with van der Waals surface area (Å²) in [6, 6.07) is 0. The van der Waals surface area contributed by atoms with Crippen LogP contribution in [-0.4, -0.2) is 47.5 Å². The van der Waals surface area contributed by atoms with Crippen LogP contribution in [0.4, 0.5) is 0 Å². The lowest BCUT2D eigenvalue weighted by molar-refractivity contribution is 0.269. The Morgan fingerprint density at radius 1 is 1.35 bits per heavy atom. The molecular weight excluding hydrogens is 294 g/mol. The van der Waals surface area contributed by atoms with E-state index >= 15 is 0 Å². The van der Waals surface area contributed by atoms with Crippen LogP contribution in [0.3, 0.4) is 0 Å². The highest BCUT2D eigenvalue weighted by Gasteiger charge is 2.40. The third-order valence-corrected chi connectivity index (χ3v) is 6.83. The van der Waals surface area contributed by atoms with E-state index in [-0.39, 0.29) is 16.7 Å². The maximum Gasteiger partial charge on any atom is 0.198 e. The van der Waals surface area contributed by atoms with Crippen molar-refractivity contribution in [2.45, 2.75) is 43.6 Å². The first-order chi connectivity index (χ1) is 9.62. The Kier molecular flexibility index (Phi) is 4.10. The van der Waals surface area contributed by atoms with Gasteiger partial charge in [0, 0.05) is 19.0 Å². The lowest BCUT2D eigenvalue weighted by Crippen LogP contribution is -2.25. The first-order valence-electron chi connectivity index (χ1n) is 7.39. The molecule has 3 rings (SSSR count). The molecule has 2 aliphatic rings. The van der Waals surface area contributed by atoms with Gasteiger partial charge in [-0.3, -0.25) is 0 Å². The molecule has 2 bridgehead atoms. The Hall–Kier alpha value is -0.530. The molecule has 1 aromatic rings. The molecule has 1 aromatic heterocycles. The van der Waals surface area contributed by atoms with E-state index in [0.29, 0.717) is 12.3 Å². The van der Waals surface area contributed by atoms with E-state index in [2.05, 4.69) is 13.6 Å². The molecule has 2 saturated heterocycles. The van der Waals surface area contributed by atoms with E-state index < -0.39 is 9.84 Å². The third kappa shape index (κ3) is 2.63. The van der Waals surface area contributed by atoms with Crippen LogP contribution in [-0.2, 0) is 9.84 Å². The smallest absolute Gasteiger partial charge is 0.198 e. The number of hydrogen-bond acceptors (Lipinski definition) is 6. The van der Waals surface area contributed by atoms with Gasteiger partial charge >= 0.3 is 0 Å². The van der Waals surface area contributed by atoms with Gasteiger partial charge in [0.25, 0.3) is 0 Å². The topological polar surface area (TPSA) is 63.2 Å². The summed E-state index contributed by atoms with van der Waals surface area (Å²) in [7, 11) is -3.26. The van der Waals surface area contributed by atoms with Gasteiger partial charge in [-0.1, -0.05) is 13.3 Å². The van der Waals surface area contributed by atoms with Gasteiger partial charge in [0.15, 0.2) is 14.9 Å². The van der Waals surface area contributed by atoms with Gasteiger partial charge in [0.1, 0.15) is 0 Å². The highest BCUT2D eigenvalue weighted by atomic mass is 32.2. The zero-order chi connectivity index (χ0) is 14.2. The first kappa shape index (κ1) is 14.4. The van der Waals surface area contributed by atoms with Crippen molar-refractivity contribution in [1.29, 1.82) is 0 Å². The summed E-state index contributed by atoms with van der Waals surface area (Å²) < 4.78 is 33.3. The van der Waals surface area contributed by atoms with Crippen LogP contribution >= 0.6 is 11.7 Å². The molecule has 5 nitrogen and oxygen atoms in total. The Morgan fingerprint density at radius 3 is 2.95 bits per heavy atom. The lowest BCUT2D eigenvalue weighted by atomic mass is 9.89. The summed E-state index contributed by atoms with van der Waals surface area (Å²) in [5.74, 6) is 1.03. The average molecular weight is 315 g/mol. The van der Waals surface area contributed by atoms with Crippen LogP contribution in [0, 0.1) is 5.92 Å². The van der Waals surface area contributed by atoms with Crippen molar-refractivity contribution < 1.29 is 8.42 Å². The van der Waals surface area contributed by atoms with E-state index in [0.717, 1.165) is 43.5 Å². The van der Waals surface area contributed by atoms with Gasteiger partial charge in [-0.25, -0.2) is 8.42 Å². The predicted molar refractivity (Wildman–Crippen MR) is 78.8 cm³/mol. The van der Waals surface area contributed by atoms with E-state index in [1.165, 1.54) is 12.8 Å². The number of sulfone groups is 1. The number of piperidine rings is 1. The van der Waals surface area contributed by atoms with Gasteiger partial charge in [0.05, 0.1) is 23.2 Å². The number of aromatic nitrogens is 2. The minimum absolute atomic E-state index is 0.197. The summed E-state index contributed by atoms with van der Waals surface area (Å²) in [6.07, 6.45) is 3.98. The van der Waals surface area contributed by atoms with Gasteiger partial charge in [-0.2, -0.15) is 8.75 Å². The van der Waals surface area contributed by atoms with Crippen molar-refractivity contribution >= 4 is 21.6 Å². The molecule has 0 amide bonds. The quantitative estimate of drug-likeness (QED) is 0.830. The van der Waals surface area contributed by atoms with E-state index in [9.17, 15) is 8.42 Å². The highest BCUT2D eigenvalue weighted by molar-refractivity contribution is 7.91. The SMILES string of the molecule is CCCCS(=O)(=O)c1nsnc1[C@@H]1CN2CCCC1C2. The first-order valence-corrected chi connectivity index (χ1v) is 9.77. The second-order valence-electron chi connectivity index (χ2n) is 5.90. The second kappa shape index (κ2) is 5.69. The summed E-state index contributed by atoms with van der Waals surface area (Å²) >= 11 is 1.05. The minimum Gasteiger partial charge on any atom is -0.302 e. The zero-order valence-electron chi connectivity index (χ0n) is 11.8. The van der Waals surface area contributed by atoms with Crippen LogP contribution in [0.15, 0.2) is 5.03 Å². The normalized spacial score (nSPS) is 29.8. The van der Waals surface area contributed by atoms with Crippen molar-refractivity contribution in [3.05, 3.63) is 5.69 Å². The van der Waals surface area contributed by atoms with Crippen molar-refractivity contribution in [3.8, 4) is 0 Å². The number of fused-ring (bicyclic) bond motifs is 2. The molecule has 112 valence electrons. The molecule has 0 N–H and O–H groups in total. The molecular formula is C13H21N3O2S2. The molecule has 0 saturated carbocycles. The monoisotopic (exact) mass is 315 g/mol. The third-order valence-electron chi connectivity index (χ3n) is 4.46. The maximum absolute atomic E-state index is 12.4. The van der Waals surface area contributed by atoms with Gasteiger partial charge in [0.2, 0.25) is 0 Å². The van der Waals surface area contributed by atoms with Gasteiger partial charge in [-0.05, 0) is 31.7 Å². The molecule has 2 aliphatic heterocycles. The summed E-state index contributed by atoms with van der Waals surface area (Å²) in [4.78, 5) is 2.43. The molecule has 0 spiro atoms. The van der Waals surface area contributed by atoms with Crippen LogP contribution in [0.2, 0.25) is 0 Å². The van der Waals surface area contributed by atoms with Crippen molar-refractivity contribution in [3.63, 3.8) is 0 Å². The Morgan fingerprint density at radius 2 is 2.20 bits per heavy atom. The van der Waals surface area contributed by atoms with Crippen molar-refractivity contribution in [2.75, 3.05) is 25.4 Å². The Bertz CT molecular complexity index is 570. The fourth-order valence-corrected chi connectivity index (χ4v) is 5.89. The second-order valence-corrected chi connectivity index (χ2v) is 8.45. The fraction of sp³-hybridized carbons (Fsp3) is 0.846. The van der Waals surface area contributed by atoms with Crippen LogP contribution < -0.4 is 0 Å². The number of rotatable bonds is 5. The van der Waals surface area contributed by atoms with Gasteiger partial charge in [-0.15, -0.1) is 0 Å². The fourth-order valence-electron chi connectivity index (χ4n) is 3.38. The molecule has 0 aliphatic carbocycles. The van der Waals surface area contributed by atoms with Gasteiger partial charge < -0.3 is 4.90 Å². The Balaban J connectivity index is 1.87. The van der Waals surface area contributed by atoms with E-state index in [4.69, 9.17) is 0 Å². The Labute approximate surface area is 124 Å². The van der Waals surface area contributed by atoms with E-state index in [1.807, 2.05) is 6.92 Å². The molecule has 20 heavy (non-hydrogen) atoms. The lowest BCUT2D eigenvalue weighted by Gasteiger charge is -2.21. The molecule has 0 radical (unpaired) electrons. The molecule has 2 unspecified atom stereocenters. The van der Waals surface area contributed by atoms with Crippen LogP contribution in [0.1, 0.15) is 44.2 Å². The predicted octanol–water partition coefficient (Wildman–Crippen LogP) is 1.92. The van der Waals surface area contributed by atoms with Crippen LogP contribution in [0.5, 0.6) is 0 Å². The van der Waals surface area contributed by atoms with Crippen molar-refractivity contribution in [2.24, 2.45) is 5.92 Å². The average Bonchev–Trinajstić information content (AvgIpc) is 3.02. The largest absolute Gasteiger partial charge is 0.302 e. The van der Waals surface area contributed by atoms with E-state index in [1.54, 1.807) is 0 Å². The molecule has 3 atom stereocenters. The van der Waals surface area contributed by atoms with Crippen LogP contribution in [0.25, 0.3) is 0 Å². The molecule has 7 heteroatoms. The highest BCUT2D eigenvalue weighted by Crippen LogP contribution is 2.40. The number of hydrogen-bond donors (Lipinski definition) is 0. The summed E-state index contributed by atoms with van der Waals surface area (Å²) in [5, 5.41) is 0.273. The summed E-state index contributed by atoms with van der Waals surface area (Å²) in [5.41, 5.74) is 0.750. The maximum atomic E-state index is 12.4. The standard InChI is InChI=1S/C13H21N3O2S2/c1-2-3-7-20(17,18)13-12(14-19-15-13)11-9-16-6-4-5-10(11)8-16/h10-11H,2-9H2,1H3/t10?,11-/m1/s1. The molecule has 2 fully saturated rings. The molecule has 3 heterocycles. The summed E-state index contributed by atoms with van der Waals surface area (Å²) in [6.45, 7) is 5.19. The minimum atomic E-state index is -3.26. The number of unbranched alkanes of at least 4 members (excludes halogenated alkanes) is 1. The zero-order valence-corrected chi connectivity index (χ0v) is 13.4.